The fraction of sp³-hybridized carbons (Fsp3) is 0.591. The molecule has 2 N–H and O–H groups in total. The van der Waals surface area contributed by atoms with Crippen molar-refractivity contribution in [3.05, 3.63) is 29.8 Å². The summed E-state index contributed by atoms with van der Waals surface area (Å²) in [5, 5.41) is 8.31. The number of nitrogens with zero attached hydrogens (tertiary/aromatic N) is 3. The zero-order chi connectivity index (χ0) is 21.1. The Labute approximate surface area is 182 Å². The monoisotopic (exact) mass is 429 g/mol. The minimum atomic E-state index is -0.219. The Hall–Kier alpha value is -2.22. The SMILES string of the molecule is CCCN1C(=O)C2CCCCC2N2C(SCC(=O)Nc3ccc(CC)cc3)=NNC12. The van der Waals surface area contributed by atoms with E-state index in [1.807, 2.05) is 29.2 Å². The summed E-state index contributed by atoms with van der Waals surface area (Å²) in [6.07, 6.45) is 5.87. The predicted molar refractivity (Wildman–Crippen MR) is 121 cm³/mol. The molecular weight excluding hydrogens is 398 g/mol. The average Bonchev–Trinajstić information content (AvgIpc) is 3.20. The van der Waals surface area contributed by atoms with E-state index in [9.17, 15) is 9.59 Å². The van der Waals surface area contributed by atoms with E-state index in [1.165, 1.54) is 17.3 Å². The Bertz CT molecular complexity index is 812. The number of amidine groups is 1. The largest absolute Gasteiger partial charge is 0.325 e. The first kappa shape index (κ1) is 21.0. The molecule has 4 rings (SSSR count). The normalized spacial score (nSPS) is 25.3. The van der Waals surface area contributed by atoms with Crippen molar-refractivity contribution in [1.82, 2.24) is 15.2 Å². The number of aryl methyl sites for hydroxylation is 1. The maximum atomic E-state index is 13.1. The van der Waals surface area contributed by atoms with Crippen molar-refractivity contribution < 1.29 is 9.59 Å². The molecular formula is C22H31N5O2S. The summed E-state index contributed by atoms with van der Waals surface area (Å²) in [7, 11) is 0. The number of fused-ring (bicyclic) bond motifs is 3. The smallest absolute Gasteiger partial charge is 0.234 e. The van der Waals surface area contributed by atoms with E-state index in [1.54, 1.807) is 0 Å². The third-order valence-corrected chi connectivity index (χ3v) is 7.15. The lowest BCUT2D eigenvalue weighted by Crippen LogP contribution is -2.67. The van der Waals surface area contributed by atoms with Crippen LogP contribution in [-0.2, 0) is 16.0 Å². The van der Waals surface area contributed by atoms with Crippen LogP contribution in [0.25, 0.3) is 0 Å². The Morgan fingerprint density at radius 2 is 2.00 bits per heavy atom. The molecule has 1 aromatic carbocycles. The van der Waals surface area contributed by atoms with Crippen molar-refractivity contribution in [2.45, 2.75) is 64.7 Å². The number of anilines is 1. The molecule has 0 radical (unpaired) electrons. The molecule has 3 aliphatic rings. The maximum Gasteiger partial charge on any atom is 0.234 e. The van der Waals surface area contributed by atoms with Gasteiger partial charge in [0.15, 0.2) is 11.5 Å². The highest BCUT2D eigenvalue weighted by molar-refractivity contribution is 8.14. The van der Waals surface area contributed by atoms with Gasteiger partial charge in [0.25, 0.3) is 0 Å². The summed E-state index contributed by atoms with van der Waals surface area (Å²) in [5.41, 5.74) is 5.22. The molecule has 2 fully saturated rings. The molecule has 3 unspecified atom stereocenters. The quantitative estimate of drug-likeness (QED) is 0.726. The van der Waals surface area contributed by atoms with Crippen LogP contribution in [0, 0.1) is 5.92 Å². The van der Waals surface area contributed by atoms with Crippen LogP contribution in [0.4, 0.5) is 5.69 Å². The molecule has 1 aliphatic carbocycles. The number of carbonyl (C=O) groups is 2. The predicted octanol–water partition coefficient (Wildman–Crippen LogP) is 3.19. The summed E-state index contributed by atoms with van der Waals surface area (Å²) in [6, 6.07) is 8.13. The lowest BCUT2D eigenvalue weighted by Gasteiger charge is -2.50. The Morgan fingerprint density at radius 1 is 1.23 bits per heavy atom. The number of thioether (sulfide) groups is 1. The van der Waals surface area contributed by atoms with Crippen LogP contribution in [0.15, 0.2) is 29.4 Å². The van der Waals surface area contributed by atoms with E-state index in [0.717, 1.165) is 55.9 Å². The number of hydrazone groups is 1. The molecule has 7 nitrogen and oxygen atoms in total. The van der Waals surface area contributed by atoms with Crippen molar-refractivity contribution in [3.63, 3.8) is 0 Å². The van der Waals surface area contributed by atoms with E-state index < -0.39 is 0 Å². The van der Waals surface area contributed by atoms with Crippen LogP contribution in [-0.4, -0.2) is 51.4 Å². The van der Waals surface area contributed by atoms with Crippen LogP contribution in [0.3, 0.4) is 0 Å². The van der Waals surface area contributed by atoms with E-state index in [-0.39, 0.29) is 30.1 Å². The van der Waals surface area contributed by atoms with Crippen molar-refractivity contribution in [2.24, 2.45) is 11.0 Å². The van der Waals surface area contributed by atoms with Crippen molar-refractivity contribution in [2.75, 3.05) is 17.6 Å². The zero-order valence-corrected chi connectivity index (χ0v) is 18.6. The van der Waals surface area contributed by atoms with Crippen LogP contribution in [0.1, 0.15) is 51.5 Å². The number of benzene rings is 1. The second-order valence-electron chi connectivity index (χ2n) is 8.18. The maximum absolute atomic E-state index is 13.1. The first-order valence-electron chi connectivity index (χ1n) is 11.1. The van der Waals surface area contributed by atoms with Gasteiger partial charge in [0, 0.05) is 18.3 Å². The highest BCUT2D eigenvalue weighted by atomic mass is 32.2. The highest BCUT2D eigenvalue weighted by Gasteiger charge is 2.50. The molecule has 2 heterocycles. The zero-order valence-electron chi connectivity index (χ0n) is 17.8. The molecule has 3 atom stereocenters. The van der Waals surface area contributed by atoms with Gasteiger partial charge in [-0.1, -0.05) is 50.6 Å². The Morgan fingerprint density at radius 3 is 2.73 bits per heavy atom. The number of rotatable bonds is 6. The molecule has 1 saturated heterocycles. The molecule has 2 aliphatic heterocycles. The molecule has 162 valence electrons. The topological polar surface area (TPSA) is 77.0 Å². The van der Waals surface area contributed by atoms with Gasteiger partial charge in [0.2, 0.25) is 11.8 Å². The average molecular weight is 430 g/mol. The Kier molecular flexibility index (Phi) is 6.51. The number of hydrogen-bond donors (Lipinski definition) is 2. The Balaban J connectivity index is 1.40. The molecule has 1 aromatic rings. The molecule has 0 bridgehead atoms. The van der Waals surface area contributed by atoms with Crippen molar-refractivity contribution >= 4 is 34.4 Å². The van der Waals surface area contributed by atoms with Gasteiger partial charge < -0.3 is 15.1 Å². The molecule has 0 spiro atoms. The van der Waals surface area contributed by atoms with Crippen molar-refractivity contribution in [1.29, 1.82) is 0 Å². The minimum Gasteiger partial charge on any atom is -0.325 e. The van der Waals surface area contributed by atoms with Gasteiger partial charge in [-0.2, -0.15) is 5.10 Å². The summed E-state index contributed by atoms with van der Waals surface area (Å²) < 4.78 is 0. The van der Waals surface area contributed by atoms with Gasteiger partial charge in [-0.25, -0.2) is 0 Å². The third-order valence-electron chi connectivity index (χ3n) is 6.19. The minimum absolute atomic E-state index is 0.0400. The molecule has 30 heavy (non-hydrogen) atoms. The number of carbonyl (C=O) groups excluding carboxylic acids is 2. The van der Waals surface area contributed by atoms with Gasteiger partial charge in [0.05, 0.1) is 11.7 Å². The first-order chi connectivity index (χ1) is 14.6. The first-order valence-corrected chi connectivity index (χ1v) is 12.0. The van der Waals surface area contributed by atoms with Gasteiger partial charge in [-0.05, 0) is 43.4 Å². The van der Waals surface area contributed by atoms with Crippen molar-refractivity contribution in [3.8, 4) is 0 Å². The van der Waals surface area contributed by atoms with Gasteiger partial charge in [-0.3, -0.25) is 15.0 Å². The van der Waals surface area contributed by atoms with Gasteiger partial charge >= 0.3 is 0 Å². The van der Waals surface area contributed by atoms with Gasteiger partial charge in [-0.15, -0.1) is 0 Å². The van der Waals surface area contributed by atoms with E-state index in [0.29, 0.717) is 5.75 Å². The summed E-state index contributed by atoms with van der Waals surface area (Å²) >= 11 is 1.45. The van der Waals surface area contributed by atoms with Gasteiger partial charge in [0.1, 0.15) is 0 Å². The summed E-state index contributed by atoms with van der Waals surface area (Å²) in [4.78, 5) is 29.7. The second-order valence-corrected chi connectivity index (χ2v) is 9.12. The van der Waals surface area contributed by atoms with Crippen LogP contribution < -0.4 is 10.7 Å². The summed E-state index contributed by atoms with van der Waals surface area (Å²) in [6.45, 7) is 4.92. The lowest BCUT2D eigenvalue weighted by molar-refractivity contribution is -0.155. The fourth-order valence-corrected chi connectivity index (χ4v) is 5.51. The van der Waals surface area contributed by atoms with E-state index in [4.69, 9.17) is 0 Å². The standard InChI is InChI=1S/C22H31N5O2S/c1-3-13-26-20(29)17-7-5-6-8-18(17)27-21(26)24-25-22(27)30-14-19(28)23-16-11-9-15(4-2)10-12-16/h9-12,17-18,21,24H,3-8,13-14H2,1-2H3,(H,23,28). The van der Waals surface area contributed by atoms with Crippen LogP contribution in [0.5, 0.6) is 0 Å². The molecule has 1 saturated carbocycles. The number of amides is 2. The lowest BCUT2D eigenvalue weighted by atomic mass is 9.81. The molecule has 0 aromatic heterocycles. The fourth-order valence-electron chi connectivity index (χ4n) is 4.68. The third kappa shape index (κ3) is 4.15. The summed E-state index contributed by atoms with van der Waals surface area (Å²) in [5.74, 6) is 0.538. The van der Waals surface area contributed by atoms with Crippen LogP contribution in [0.2, 0.25) is 0 Å². The van der Waals surface area contributed by atoms with E-state index in [2.05, 4.69) is 34.6 Å². The molecule has 8 heteroatoms. The molecule has 2 amide bonds. The number of nitrogens with one attached hydrogen (secondary N) is 2. The van der Waals surface area contributed by atoms with Crippen LogP contribution >= 0.6 is 11.8 Å². The number of hydrogen-bond acceptors (Lipinski definition) is 6. The second kappa shape index (κ2) is 9.29. The van der Waals surface area contributed by atoms with E-state index >= 15 is 0 Å². The highest BCUT2D eigenvalue weighted by Crippen LogP contribution is 2.38.